The summed E-state index contributed by atoms with van der Waals surface area (Å²) in [4.78, 5) is 14.6. The lowest BCUT2D eigenvalue weighted by Gasteiger charge is -2.28. The Morgan fingerprint density at radius 2 is 1.68 bits per heavy atom. The smallest absolute Gasteiger partial charge is 0.261 e. The summed E-state index contributed by atoms with van der Waals surface area (Å²) in [5.74, 6) is -0.231. The SMILES string of the molecule is O=C(NC1CC1)c1cccc(S(=O)(=O)Nc2ccc(N3CCCCC3)cc2)c1. The minimum atomic E-state index is -3.76. The zero-order chi connectivity index (χ0) is 19.6. The Morgan fingerprint density at radius 1 is 0.964 bits per heavy atom. The fourth-order valence-electron chi connectivity index (χ4n) is 3.41. The van der Waals surface area contributed by atoms with Crippen LogP contribution in [0, 0.1) is 0 Å². The van der Waals surface area contributed by atoms with Crippen molar-refractivity contribution in [3.63, 3.8) is 0 Å². The van der Waals surface area contributed by atoms with Gasteiger partial charge in [0.1, 0.15) is 0 Å². The number of hydrogen-bond acceptors (Lipinski definition) is 4. The number of benzene rings is 2. The number of piperidine rings is 1. The molecule has 4 rings (SSSR count). The van der Waals surface area contributed by atoms with E-state index in [2.05, 4.69) is 14.9 Å². The molecule has 0 atom stereocenters. The van der Waals surface area contributed by atoms with E-state index in [0.717, 1.165) is 31.6 Å². The van der Waals surface area contributed by atoms with Crippen LogP contribution < -0.4 is 14.9 Å². The first-order chi connectivity index (χ1) is 13.5. The minimum Gasteiger partial charge on any atom is -0.372 e. The van der Waals surface area contributed by atoms with Crippen LogP contribution in [0.2, 0.25) is 0 Å². The number of hydrogen-bond donors (Lipinski definition) is 2. The molecule has 1 aliphatic heterocycles. The van der Waals surface area contributed by atoms with Gasteiger partial charge in [0.15, 0.2) is 0 Å². The third kappa shape index (κ3) is 4.47. The van der Waals surface area contributed by atoms with Crippen molar-refractivity contribution >= 4 is 27.3 Å². The lowest BCUT2D eigenvalue weighted by atomic mass is 10.1. The van der Waals surface area contributed by atoms with Crippen LogP contribution in [-0.2, 0) is 10.0 Å². The van der Waals surface area contributed by atoms with E-state index < -0.39 is 10.0 Å². The average molecular weight is 400 g/mol. The molecule has 1 saturated heterocycles. The summed E-state index contributed by atoms with van der Waals surface area (Å²) in [6, 6.07) is 13.8. The highest BCUT2D eigenvalue weighted by Crippen LogP contribution is 2.24. The number of rotatable bonds is 6. The standard InChI is InChI=1S/C21H25N3O3S/c25-21(22-17-7-8-17)16-5-4-6-20(15-16)28(26,27)23-18-9-11-19(12-10-18)24-13-2-1-3-14-24/h4-6,9-12,15,17,23H,1-3,7-8,13-14H2,(H,22,25). The molecule has 0 unspecified atom stereocenters. The molecular formula is C21H25N3O3S. The van der Waals surface area contributed by atoms with Gasteiger partial charge in [0.25, 0.3) is 15.9 Å². The predicted octanol–water partition coefficient (Wildman–Crippen LogP) is 3.37. The second-order valence-corrected chi connectivity index (χ2v) is 9.16. The van der Waals surface area contributed by atoms with E-state index in [0.29, 0.717) is 11.3 Å². The maximum Gasteiger partial charge on any atom is 0.261 e. The first-order valence-corrected chi connectivity index (χ1v) is 11.3. The highest BCUT2D eigenvalue weighted by atomic mass is 32.2. The van der Waals surface area contributed by atoms with Gasteiger partial charge in [-0.1, -0.05) is 6.07 Å². The lowest BCUT2D eigenvalue weighted by Crippen LogP contribution is -2.29. The zero-order valence-electron chi connectivity index (χ0n) is 15.7. The zero-order valence-corrected chi connectivity index (χ0v) is 16.5. The molecule has 1 saturated carbocycles. The van der Waals surface area contributed by atoms with Crippen LogP contribution in [0.4, 0.5) is 11.4 Å². The molecule has 2 aliphatic rings. The van der Waals surface area contributed by atoms with E-state index in [4.69, 9.17) is 0 Å². The molecule has 148 valence electrons. The summed E-state index contributed by atoms with van der Waals surface area (Å²) in [5, 5.41) is 2.88. The van der Waals surface area contributed by atoms with E-state index >= 15 is 0 Å². The number of sulfonamides is 1. The molecule has 2 aromatic carbocycles. The van der Waals surface area contributed by atoms with E-state index in [-0.39, 0.29) is 16.8 Å². The van der Waals surface area contributed by atoms with Crippen LogP contribution in [-0.4, -0.2) is 33.5 Å². The van der Waals surface area contributed by atoms with E-state index in [1.165, 1.54) is 31.4 Å². The average Bonchev–Trinajstić information content (AvgIpc) is 3.53. The van der Waals surface area contributed by atoms with Crippen LogP contribution in [0.15, 0.2) is 53.4 Å². The largest absolute Gasteiger partial charge is 0.372 e. The lowest BCUT2D eigenvalue weighted by molar-refractivity contribution is 0.0951. The van der Waals surface area contributed by atoms with Gasteiger partial charge in [0, 0.05) is 36.1 Å². The maximum atomic E-state index is 12.7. The monoisotopic (exact) mass is 399 g/mol. The Kier molecular flexibility index (Phi) is 5.26. The van der Waals surface area contributed by atoms with Gasteiger partial charge in [-0.05, 0) is 74.6 Å². The summed E-state index contributed by atoms with van der Waals surface area (Å²) in [7, 11) is -3.76. The van der Waals surface area contributed by atoms with Crippen molar-refractivity contribution in [3.05, 3.63) is 54.1 Å². The summed E-state index contributed by atoms with van der Waals surface area (Å²) in [6.07, 6.45) is 5.63. The minimum absolute atomic E-state index is 0.0797. The summed E-state index contributed by atoms with van der Waals surface area (Å²) >= 11 is 0. The van der Waals surface area contributed by atoms with Crippen molar-refractivity contribution in [2.45, 2.75) is 43.0 Å². The molecule has 0 aromatic heterocycles. The highest BCUT2D eigenvalue weighted by Gasteiger charge is 2.24. The molecule has 7 heteroatoms. The third-order valence-corrected chi connectivity index (χ3v) is 6.54. The fourth-order valence-corrected chi connectivity index (χ4v) is 4.51. The molecule has 2 fully saturated rings. The summed E-state index contributed by atoms with van der Waals surface area (Å²) < 4.78 is 28.1. The normalized spacial score (nSPS) is 17.2. The third-order valence-electron chi connectivity index (χ3n) is 5.16. The van der Waals surface area contributed by atoms with Gasteiger partial charge in [-0.15, -0.1) is 0 Å². The van der Waals surface area contributed by atoms with Gasteiger partial charge in [0.05, 0.1) is 4.90 Å². The van der Waals surface area contributed by atoms with Crippen LogP contribution in [0.3, 0.4) is 0 Å². The molecule has 28 heavy (non-hydrogen) atoms. The molecule has 6 nitrogen and oxygen atoms in total. The van der Waals surface area contributed by atoms with E-state index in [9.17, 15) is 13.2 Å². The molecule has 1 heterocycles. The van der Waals surface area contributed by atoms with Crippen molar-refractivity contribution in [1.82, 2.24) is 5.32 Å². The first kappa shape index (κ1) is 18.8. The van der Waals surface area contributed by atoms with Gasteiger partial charge in [-0.3, -0.25) is 9.52 Å². The fraction of sp³-hybridized carbons (Fsp3) is 0.381. The second-order valence-electron chi connectivity index (χ2n) is 7.48. The molecular weight excluding hydrogens is 374 g/mol. The highest BCUT2D eigenvalue weighted by molar-refractivity contribution is 7.92. The van der Waals surface area contributed by atoms with Crippen molar-refractivity contribution in [2.75, 3.05) is 22.7 Å². The van der Waals surface area contributed by atoms with Crippen LogP contribution in [0.25, 0.3) is 0 Å². The summed E-state index contributed by atoms with van der Waals surface area (Å²) in [6.45, 7) is 2.08. The van der Waals surface area contributed by atoms with Gasteiger partial charge in [-0.2, -0.15) is 0 Å². The Labute approximate surface area is 166 Å². The van der Waals surface area contributed by atoms with Crippen molar-refractivity contribution < 1.29 is 13.2 Å². The Morgan fingerprint density at radius 3 is 2.36 bits per heavy atom. The van der Waals surface area contributed by atoms with E-state index in [1.54, 1.807) is 24.3 Å². The second kappa shape index (κ2) is 7.83. The van der Waals surface area contributed by atoms with Crippen LogP contribution in [0.5, 0.6) is 0 Å². The quantitative estimate of drug-likeness (QED) is 0.781. The van der Waals surface area contributed by atoms with Gasteiger partial charge in [0.2, 0.25) is 0 Å². The molecule has 0 spiro atoms. The predicted molar refractivity (Wildman–Crippen MR) is 110 cm³/mol. The molecule has 1 amide bonds. The number of anilines is 2. The number of amides is 1. The van der Waals surface area contributed by atoms with E-state index in [1.807, 2.05) is 12.1 Å². The van der Waals surface area contributed by atoms with Crippen molar-refractivity contribution in [1.29, 1.82) is 0 Å². The van der Waals surface area contributed by atoms with Crippen molar-refractivity contribution in [2.24, 2.45) is 0 Å². The van der Waals surface area contributed by atoms with Gasteiger partial charge < -0.3 is 10.2 Å². The number of carbonyl (C=O) groups excluding carboxylic acids is 1. The number of carbonyl (C=O) groups is 1. The van der Waals surface area contributed by atoms with Crippen molar-refractivity contribution in [3.8, 4) is 0 Å². The molecule has 0 radical (unpaired) electrons. The summed E-state index contributed by atoms with van der Waals surface area (Å²) in [5.41, 5.74) is 1.98. The molecule has 1 aliphatic carbocycles. The van der Waals surface area contributed by atoms with Gasteiger partial charge >= 0.3 is 0 Å². The topological polar surface area (TPSA) is 78.5 Å². The number of nitrogens with zero attached hydrogens (tertiary/aromatic N) is 1. The molecule has 2 N–H and O–H groups in total. The first-order valence-electron chi connectivity index (χ1n) is 9.80. The number of nitrogens with one attached hydrogen (secondary N) is 2. The Hall–Kier alpha value is -2.54. The maximum absolute atomic E-state index is 12.7. The Bertz CT molecular complexity index is 947. The molecule has 0 bridgehead atoms. The van der Waals surface area contributed by atoms with Gasteiger partial charge in [-0.25, -0.2) is 8.42 Å². The Balaban J connectivity index is 1.46. The molecule has 2 aromatic rings. The van der Waals surface area contributed by atoms with Crippen LogP contribution in [0.1, 0.15) is 42.5 Å². The van der Waals surface area contributed by atoms with Crippen LogP contribution >= 0.6 is 0 Å².